The van der Waals surface area contributed by atoms with Gasteiger partial charge in [0.15, 0.2) is 18.7 Å². The summed E-state index contributed by atoms with van der Waals surface area (Å²) in [6.07, 6.45) is 6.81. The number of aliphatic hydroxyl groups is 2. The molecule has 3 fully saturated rings. The highest BCUT2D eigenvalue weighted by Gasteiger charge is 2.70. The van der Waals surface area contributed by atoms with Crippen molar-refractivity contribution in [3.05, 3.63) is 11.6 Å². The van der Waals surface area contributed by atoms with Crippen molar-refractivity contribution in [1.82, 2.24) is 0 Å². The van der Waals surface area contributed by atoms with Crippen LogP contribution in [-0.2, 0) is 28.7 Å². The normalized spacial score (nSPS) is 39.5. The Morgan fingerprint density at radius 3 is 2.51 bits per heavy atom. The average Bonchev–Trinajstić information content (AvgIpc) is 3.22. The van der Waals surface area contributed by atoms with Gasteiger partial charge in [0.1, 0.15) is 11.9 Å². The molecule has 3 saturated carbocycles. The van der Waals surface area contributed by atoms with Crippen LogP contribution >= 0.6 is 0 Å². The number of hydrogen-bond acceptors (Lipinski definition) is 8. The fourth-order valence-corrected chi connectivity index (χ4v) is 9.40. The molecule has 0 heterocycles. The number of ether oxygens (including phenoxy) is 2. The topological polar surface area (TPSA) is 127 Å². The number of hydrogen-bond donors (Lipinski definition) is 2. The summed E-state index contributed by atoms with van der Waals surface area (Å²) in [7, 11) is 0. The monoisotopic (exact) mass is 574 g/mol. The Labute approximate surface area is 244 Å². The fraction of sp³-hybridized carbons (Fsp3) is 0.818. The van der Waals surface area contributed by atoms with Gasteiger partial charge in [0.25, 0.3) is 0 Å². The minimum atomic E-state index is -1.40. The molecule has 0 aromatic heterocycles. The van der Waals surface area contributed by atoms with Crippen LogP contribution in [-0.4, -0.2) is 58.6 Å². The van der Waals surface area contributed by atoms with Crippen molar-refractivity contribution in [1.29, 1.82) is 0 Å². The molecule has 10 atom stereocenters. The third kappa shape index (κ3) is 5.38. The molecule has 0 amide bonds. The van der Waals surface area contributed by atoms with Gasteiger partial charge in [-0.1, -0.05) is 46.6 Å². The van der Waals surface area contributed by atoms with Gasteiger partial charge in [0.2, 0.25) is 5.78 Å². The van der Waals surface area contributed by atoms with E-state index in [0.29, 0.717) is 38.5 Å². The summed E-state index contributed by atoms with van der Waals surface area (Å²) in [4.78, 5) is 50.7. The highest BCUT2D eigenvalue weighted by atomic mass is 16.6. The van der Waals surface area contributed by atoms with E-state index in [-0.39, 0.29) is 48.1 Å². The maximum atomic E-state index is 14.1. The molecular formula is C33H50O8. The van der Waals surface area contributed by atoms with Crippen molar-refractivity contribution in [2.45, 2.75) is 123 Å². The molecule has 0 aromatic rings. The van der Waals surface area contributed by atoms with Gasteiger partial charge in [-0.25, -0.2) is 0 Å². The van der Waals surface area contributed by atoms with Crippen molar-refractivity contribution in [3.8, 4) is 0 Å². The van der Waals surface area contributed by atoms with E-state index in [0.717, 1.165) is 31.1 Å². The Bertz CT molecular complexity index is 1050. The Hall–Kier alpha value is -1.90. The van der Waals surface area contributed by atoms with Crippen LogP contribution in [0.4, 0.5) is 0 Å². The fourth-order valence-electron chi connectivity index (χ4n) is 9.40. The van der Waals surface area contributed by atoms with Gasteiger partial charge in [-0.2, -0.15) is 0 Å². The largest absolute Gasteiger partial charge is 0.458 e. The van der Waals surface area contributed by atoms with E-state index in [1.165, 1.54) is 0 Å². The second-order valence-corrected chi connectivity index (χ2v) is 13.6. The lowest BCUT2D eigenvalue weighted by molar-refractivity contribution is -0.255. The Morgan fingerprint density at radius 1 is 1.15 bits per heavy atom. The summed E-state index contributed by atoms with van der Waals surface area (Å²) >= 11 is 0. The summed E-state index contributed by atoms with van der Waals surface area (Å²) < 4.78 is 11.9. The lowest BCUT2D eigenvalue weighted by Crippen LogP contribution is -2.64. The quantitative estimate of drug-likeness (QED) is 0.148. The maximum absolute atomic E-state index is 14.1. The number of rotatable bonds is 12. The van der Waals surface area contributed by atoms with Crippen molar-refractivity contribution >= 4 is 23.8 Å². The number of fused-ring (bicyclic) bond motifs is 5. The van der Waals surface area contributed by atoms with Gasteiger partial charge in [-0.15, -0.1) is 0 Å². The van der Waals surface area contributed by atoms with Gasteiger partial charge in [0.05, 0.1) is 12.0 Å². The summed E-state index contributed by atoms with van der Waals surface area (Å²) in [6.45, 7) is 9.59. The molecule has 2 N–H and O–H groups in total. The zero-order chi connectivity index (χ0) is 30.2. The second kappa shape index (κ2) is 12.4. The standard InChI is InChI=1S/C33H50O8/c1-6-9-20(8-3)30(39)41-33(27(37)19-40-28(38)10-7-2)14-13-24-23-12-11-22-15-25(35)21(18-34)16-31(22,4)29(23)26(36)17-32(24,33)5/h15,18,20-21,23-24,26,29-30,36,39H,6-14,16-17,19H2,1-5H3/t20?,21?,23?,24?,26?,29?,30?,31?,32?,33-/m0/s1. The molecule has 4 aliphatic rings. The molecule has 0 aliphatic heterocycles. The van der Waals surface area contributed by atoms with Crippen molar-refractivity contribution in [2.24, 2.45) is 40.4 Å². The maximum Gasteiger partial charge on any atom is 0.306 e. The van der Waals surface area contributed by atoms with E-state index < -0.39 is 47.3 Å². The minimum absolute atomic E-state index is 0.0235. The van der Waals surface area contributed by atoms with Gasteiger partial charge < -0.3 is 24.5 Å². The van der Waals surface area contributed by atoms with Gasteiger partial charge in [0, 0.05) is 17.8 Å². The highest BCUT2D eigenvalue weighted by Crippen LogP contribution is 2.68. The lowest BCUT2D eigenvalue weighted by Gasteiger charge is -2.61. The molecule has 41 heavy (non-hydrogen) atoms. The lowest BCUT2D eigenvalue weighted by atomic mass is 9.44. The number of carbonyl (C=O) groups is 4. The number of aliphatic hydroxyl groups excluding tert-OH is 2. The molecule has 0 bridgehead atoms. The predicted molar refractivity (Wildman–Crippen MR) is 152 cm³/mol. The van der Waals surface area contributed by atoms with E-state index >= 15 is 0 Å². The van der Waals surface area contributed by atoms with Gasteiger partial charge in [-0.3, -0.25) is 14.4 Å². The number of Topliss-reactive ketones (excluding diaryl/α,β-unsaturated/α-hetero) is 1. The molecule has 0 spiro atoms. The third-order valence-corrected chi connectivity index (χ3v) is 11.5. The molecule has 4 rings (SSSR count). The minimum Gasteiger partial charge on any atom is -0.458 e. The van der Waals surface area contributed by atoms with Crippen molar-refractivity contribution in [2.75, 3.05) is 6.61 Å². The van der Waals surface area contributed by atoms with Crippen molar-refractivity contribution in [3.63, 3.8) is 0 Å². The first-order valence-electron chi connectivity index (χ1n) is 15.8. The third-order valence-electron chi connectivity index (χ3n) is 11.5. The average molecular weight is 575 g/mol. The molecule has 4 aliphatic carbocycles. The van der Waals surface area contributed by atoms with Crippen LogP contribution in [0.5, 0.6) is 0 Å². The van der Waals surface area contributed by atoms with Gasteiger partial charge in [-0.05, 0) is 87.0 Å². The van der Waals surface area contributed by atoms with Crippen LogP contribution in [0, 0.1) is 40.4 Å². The molecule has 230 valence electrons. The molecular weight excluding hydrogens is 524 g/mol. The van der Waals surface area contributed by atoms with E-state index in [1.807, 2.05) is 27.7 Å². The molecule has 8 heteroatoms. The summed E-state index contributed by atoms with van der Waals surface area (Å²) in [6, 6.07) is 0. The first-order chi connectivity index (χ1) is 19.4. The van der Waals surface area contributed by atoms with Crippen LogP contribution < -0.4 is 0 Å². The van der Waals surface area contributed by atoms with E-state index in [9.17, 15) is 29.4 Å². The summed E-state index contributed by atoms with van der Waals surface area (Å²) in [5, 5.41) is 23.2. The Morgan fingerprint density at radius 2 is 1.88 bits per heavy atom. The Balaban J connectivity index is 1.70. The van der Waals surface area contributed by atoms with E-state index in [1.54, 1.807) is 6.08 Å². The molecule has 0 saturated heterocycles. The van der Waals surface area contributed by atoms with Crippen LogP contribution in [0.3, 0.4) is 0 Å². The number of esters is 1. The number of allylic oxidation sites excluding steroid dienone is 1. The van der Waals surface area contributed by atoms with E-state index in [4.69, 9.17) is 9.47 Å². The van der Waals surface area contributed by atoms with Crippen LogP contribution in [0.25, 0.3) is 0 Å². The predicted octanol–water partition coefficient (Wildman–Crippen LogP) is 4.73. The zero-order valence-electron chi connectivity index (χ0n) is 25.5. The van der Waals surface area contributed by atoms with Crippen LogP contribution in [0.1, 0.15) is 105 Å². The number of ketones is 2. The number of aldehydes is 1. The SMILES string of the molecule is CCCC(=O)OCC(=O)[C@@]1(OC(O)C(CC)CCC)CCC2C3CCC4=CC(=O)C(C=O)CC4(C)C3C(O)CC21C. The summed E-state index contributed by atoms with van der Waals surface area (Å²) in [5.41, 5.74) is -1.66. The zero-order valence-corrected chi connectivity index (χ0v) is 25.5. The van der Waals surface area contributed by atoms with Gasteiger partial charge >= 0.3 is 5.97 Å². The molecule has 8 nitrogen and oxygen atoms in total. The first-order valence-corrected chi connectivity index (χ1v) is 15.8. The molecule has 0 aromatic carbocycles. The van der Waals surface area contributed by atoms with E-state index in [2.05, 4.69) is 6.92 Å². The smallest absolute Gasteiger partial charge is 0.306 e. The number of carbonyl (C=O) groups excluding carboxylic acids is 4. The highest BCUT2D eigenvalue weighted by molar-refractivity contribution is 6.02. The molecule has 0 radical (unpaired) electrons. The first kappa shape index (κ1) is 32.0. The van der Waals surface area contributed by atoms with Crippen molar-refractivity contribution < 1.29 is 38.9 Å². The Kier molecular flexibility index (Phi) is 9.66. The van der Waals surface area contributed by atoms with Crippen LogP contribution in [0.2, 0.25) is 0 Å². The summed E-state index contributed by atoms with van der Waals surface area (Å²) in [5.74, 6) is -1.85. The molecule has 9 unspecified atom stereocenters. The van der Waals surface area contributed by atoms with Crippen LogP contribution in [0.15, 0.2) is 11.6 Å². The second-order valence-electron chi connectivity index (χ2n) is 13.6.